The smallest absolute Gasteiger partial charge is 0.200 e. The Hall–Kier alpha value is -0.770. The molecule has 0 heterocycles. The van der Waals surface area contributed by atoms with E-state index in [4.69, 9.17) is 4.74 Å². The van der Waals surface area contributed by atoms with Gasteiger partial charge in [0.25, 0.3) is 0 Å². The van der Waals surface area contributed by atoms with Crippen molar-refractivity contribution < 1.29 is 13.5 Å². The Morgan fingerprint density at radius 1 is 1.36 bits per heavy atom. The zero-order chi connectivity index (χ0) is 10.4. The molecule has 1 aromatic carbocycles. The topological polar surface area (TPSA) is 9.23 Å². The number of ether oxygens (including phenoxy) is 1. The van der Waals surface area contributed by atoms with E-state index in [9.17, 15) is 8.78 Å². The summed E-state index contributed by atoms with van der Waals surface area (Å²) < 4.78 is 30.8. The first-order valence-electron chi connectivity index (χ1n) is 4.31. The molecule has 0 fully saturated rings. The second-order valence-corrected chi connectivity index (χ2v) is 3.73. The van der Waals surface area contributed by atoms with Gasteiger partial charge in [-0.2, -0.15) is 16.2 Å². The maximum atomic E-state index is 13.0. The normalized spacial score (nSPS) is 10.2. The Balaban J connectivity index is 2.46. The summed E-state index contributed by atoms with van der Waals surface area (Å²) in [5.74, 6) is -0.827. The van der Waals surface area contributed by atoms with Crippen molar-refractivity contribution in [1.82, 2.24) is 0 Å². The summed E-state index contributed by atoms with van der Waals surface area (Å²) >= 11 is 1.70. The van der Waals surface area contributed by atoms with E-state index >= 15 is 0 Å². The van der Waals surface area contributed by atoms with Crippen LogP contribution in [-0.2, 0) is 0 Å². The molecule has 1 aromatic rings. The van der Waals surface area contributed by atoms with Gasteiger partial charge >= 0.3 is 0 Å². The van der Waals surface area contributed by atoms with Crippen LogP contribution in [0.5, 0.6) is 5.75 Å². The monoisotopic (exact) mass is 218 g/mol. The summed E-state index contributed by atoms with van der Waals surface area (Å²) in [5, 5.41) is 0. The third-order valence-electron chi connectivity index (χ3n) is 1.67. The molecule has 0 aliphatic carbocycles. The molecule has 0 spiro atoms. The van der Waals surface area contributed by atoms with Crippen molar-refractivity contribution in [2.24, 2.45) is 0 Å². The van der Waals surface area contributed by atoms with Gasteiger partial charge in [0.2, 0.25) is 5.82 Å². The molecule has 0 N–H and O–H groups in total. The zero-order valence-corrected chi connectivity index (χ0v) is 8.74. The van der Waals surface area contributed by atoms with E-state index in [2.05, 4.69) is 0 Å². The molecule has 4 heteroatoms. The van der Waals surface area contributed by atoms with E-state index in [0.717, 1.165) is 18.2 Å². The van der Waals surface area contributed by atoms with Gasteiger partial charge in [0.1, 0.15) is 0 Å². The van der Waals surface area contributed by atoms with Gasteiger partial charge in [0.05, 0.1) is 6.61 Å². The van der Waals surface area contributed by atoms with E-state index in [0.29, 0.717) is 6.61 Å². The first kappa shape index (κ1) is 11.3. The molecule has 0 aromatic heterocycles. The summed E-state index contributed by atoms with van der Waals surface area (Å²) in [4.78, 5) is 0. The van der Waals surface area contributed by atoms with Crippen molar-refractivity contribution in [2.45, 2.75) is 6.42 Å². The first-order chi connectivity index (χ1) is 6.75. The molecule has 0 unspecified atom stereocenters. The summed E-state index contributed by atoms with van der Waals surface area (Å²) in [5.41, 5.74) is 0. The van der Waals surface area contributed by atoms with Crippen molar-refractivity contribution in [1.29, 1.82) is 0 Å². The van der Waals surface area contributed by atoms with Crippen molar-refractivity contribution in [2.75, 3.05) is 18.6 Å². The minimum atomic E-state index is -0.906. The molecule has 1 nitrogen and oxygen atoms in total. The van der Waals surface area contributed by atoms with Gasteiger partial charge in [0.15, 0.2) is 11.6 Å². The fourth-order valence-electron chi connectivity index (χ4n) is 0.981. The SMILES string of the molecule is CSCCCOc1cccc(F)c1F. The summed E-state index contributed by atoms with van der Waals surface area (Å²) in [6, 6.07) is 3.93. The lowest BCUT2D eigenvalue weighted by atomic mass is 10.3. The third-order valence-corrected chi connectivity index (χ3v) is 2.36. The maximum absolute atomic E-state index is 13.0. The van der Waals surface area contributed by atoms with Gasteiger partial charge in [-0.15, -0.1) is 0 Å². The summed E-state index contributed by atoms with van der Waals surface area (Å²) in [6.07, 6.45) is 2.82. The van der Waals surface area contributed by atoms with Crippen LogP contribution in [0, 0.1) is 11.6 Å². The van der Waals surface area contributed by atoms with Crippen LogP contribution in [0.4, 0.5) is 8.78 Å². The van der Waals surface area contributed by atoms with Gasteiger partial charge in [0, 0.05) is 0 Å². The van der Waals surface area contributed by atoms with Crippen LogP contribution in [-0.4, -0.2) is 18.6 Å². The van der Waals surface area contributed by atoms with Crippen molar-refractivity contribution in [3.63, 3.8) is 0 Å². The largest absolute Gasteiger partial charge is 0.490 e. The molecule has 0 bridgehead atoms. The Labute approximate surface area is 86.5 Å². The predicted molar refractivity (Wildman–Crippen MR) is 54.9 cm³/mol. The van der Waals surface area contributed by atoms with Crippen molar-refractivity contribution >= 4 is 11.8 Å². The number of benzene rings is 1. The lowest BCUT2D eigenvalue weighted by molar-refractivity contribution is 0.296. The average molecular weight is 218 g/mol. The van der Waals surface area contributed by atoms with Crippen LogP contribution in [0.3, 0.4) is 0 Å². The van der Waals surface area contributed by atoms with Crippen molar-refractivity contribution in [3.8, 4) is 5.75 Å². The highest BCUT2D eigenvalue weighted by atomic mass is 32.2. The molecular formula is C10H12F2OS. The molecule has 0 saturated carbocycles. The quantitative estimate of drug-likeness (QED) is 0.702. The molecule has 0 saturated heterocycles. The predicted octanol–water partition coefficient (Wildman–Crippen LogP) is 3.10. The zero-order valence-electron chi connectivity index (χ0n) is 7.93. The lowest BCUT2D eigenvalue weighted by Gasteiger charge is -2.06. The minimum Gasteiger partial charge on any atom is -0.490 e. The number of thioether (sulfide) groups is 1. The minimum absolute atomic E-state index is 0.00824. The third kappa shape index (κ3) is 3.18. The van der Waals surface area contributed by atoms with Crippen LogP contribution in [0.2, 0.25) is 0 Å². The van der Waals surface area contributed by atoms with E-state index in [1.54, 1.807) is 11.8 Å². The molecule has 0 radical (unpaired) electrons. The van der Waals surface area contributed by atoms with Crippen LogP contribution >= 0.6 is 11.8 Å². The Morgan fingerprint density at radius 3 is 2.86 bits per heavy atom. The van der Waals surface area contributed by atoms with E-state index in [-0.39, 0.29) is 5.75 Å². The van der Waals surface area contributed by atoms with E-state index < -0.39 is 11.6 Å². The molecule has 0 aliphatic heterocycles. The Morgan fingerprint density at radius 2 is 2.14 bits per heavy atom. The molecule has 0 atom stereocenters. The number of halogens is 2. The van der Waals surface area contributed by atoms with Gasteiger partial charge in [-0.1, -0.05) is 6.07 Å². The highest BCUT2D eigenvalue weighted by molar-refractivity contribution is 7.98. The fourth-order valence-corrected chi connectivity index (χ4v) is 1.39. The summed E-state index contributed by atoms with van der Waals surface area (Å²) in [7, 11) is 0. The Bertz CT molecular complexity index is 291. The van der Waals surface area contributed by atoms with Crippen LogP contribution in [0.15, 0.2) is 18.2 Å². The lowest BCUT2D eigenvalue weighted by Crippen LogP contribution is -2.01. The highest BCUT2D eigenvalue weighted by Gasteiger charge is 2.07. The molecule has 14 heavy (non-hydrogen) atoms. The van der Waals surface area contributed by atoms with Gasteiger partial charge in [-0.05, 0) is 30.6 Å². The van der Waals surface area contributed by atoms with Crippen LogP contribution in [0.1, 0.15) is 6.42 Å². The standard InChI is InChI=1S/C10H12F2OS/c1-14-7-3-6-13-9-5-2-4-8(11)10(9)12/h2,4-5H,3,6-7H2,1H3. The summed E-state index contributed by atoms with van der Waals surface area (Å²) in [6.45, 7) is 0.418. The van der Waals surface area contributed by atoms with Crippen molar-refractivity contribution in [3.05, 3.63) is 29.8 Å². The van der Waals surface area contributed by atoms with Crippen LogP contribution in [0.25, 0.3) is 0 Å². The fraction of sp³-hybridized carbons (Fsp3) is 0.400. The number of rotatable bonds is 5. The second-order valence-electron chi connectivity index (χ2n) is 2.75. The first-order valence-corrected chi connectivity index (χ1v) is 5.71. The molecular weight excluding hydrogens is 206 g/mol. The van der Waals surface area contributed by atoms with Gasteiger partial charge < -0.3 is 4.74 Å². The van der Waals surface area contributed by atoms with E-state index in [1.807, 2.05) is 6.26 Å². The molecule has 1 rings (SSSR count). The Kier molecular flexibility index (Phi) is 4.73. The average Bonchev–Trinajstić information content (AvgIpc) is 2.19. The number of hydrogen-bond donors (Lipinski definition) is 0. The molecule has 0 amide bonds. The van der Waals surface area contributed by atoms with E-state index in [1.165, 1.54) is 12.1 Å². The van der Waals surface area contributed by atoms with Crippen LogP contribution < -0.4 is 4.74 Å². The van der Waals surface area contributed by atoms with Gasteiger partial charge in [-0.3, -0.25) is 0 Å². The number of hydrogen-bond acceptors (Lipinski definition) is 2. The molecule has 78 valence electrons. The second kappa shape index (κ2) is 5.86. The maximum Gasteiger partial charge on any atom is 0.200 e. The van der Waals surface area contributed by atoms with Gasteiger partial charge in [-0.25, -0.2) is 4.39 Å². The highest BCUT2D eigenvalue weighted by Crippen LogP contribution is 2.19. The molecule has 0 aliphatic rings.